The van der Waals surface area contributed by atoms with Crippen LogP contribution < -0.4 is 5.32 Å². The topological polar surface area (TPSA) is 94.8 Å². The molecule has 0 radical (unpaired) electrons. The summed E-state index contributed by atoms with van der Waals surface area (Å²) in [5.74, 6) is 0.152. The fourth-order valence-corrected chi connectivity index (χ4v) is 2.71. The fraction of sp³-hybridized carbons (Fsp3) is 0.312. The van der Waals surface area contributed by atoms with E-state index in [1.807, 2.05) is 0 Å². The van der Waals surface area contributed by atoms with Gasteiger partial charge in [-0.1, -0.05) is 0 Å². The summed E-state index contributed by atoms with van der Waals surface area (Å²) in [6.07, 6.45) is 8.21. The molecule has 3 aromatic heterocycles. The Morgan fingerprint density at radius 2 is 2.12 bits per heavy atom. The summed E-state index contributed by atoms with van der Waals surface area (Å²) in [6, 6.07) is 3.68. The monoisotopic (exact) mass is 324 g/mol. The van der Waals surface area contributed by atoms with Gasteiger partial charge in [-0.05, 0) is 25.0 Å². The Kier molecular flexibility index (Phi) is 3.87. The number of nitrogens with zero attached hydrogens (tertiary/aromatic N) is 5. The van der Waals surface area contributed by atoms with Gasteiger partial charge in [-0.15, -0.1) is 0 Å². The maximum atomic E-state index is 12.8. The lowest BCUT2D eigenvalue weighted by Gasteiger charge is -2.23. The highest BCUT2D eigenvalue weighted by Gasteiger charge is 2.21. The molecule has 4 heterocycles. The molecule has 1 aliphatic rings. The third-order valence-corrected chi connectivity index (χ3v) is 3.97. The maximum Gasteiger partial charge on any atom is 0.271 e. The smallest absolute Gasteiger partial charge is 0.271 e. The predicted molar refractivity (Wildman–Crippen MR) is 85.8 cm³/mol. The number of fused-ring (bicyclic) bond motifs is 1. The summed E-state index contributed by atoms with van der Waals surface area (Å²) in [7, 11) is 0. The molecular formula is C16H16N6O2. The minimum absolute atomic E-state index is 0.102. The maximum absolute atomic E-state index is 12.8. The summed E-state index contributed by atoms with van der Waals surface area (Å²) >= 11 is 0. The highest BCUT2D eigenvalue weighted by Crippen LogP contribution is 2.16. The van der Waals surface area contributed by atoms with Crippen molar-refractivity contribution in [1.82, 2.24) is 29.8 Å². The Morgan fingerprint density at radius 1 is 1.25 bits per heavy atom. The van der Waals surface area contributed by atoms with E-state index in [2.05, 4.69) is 25.3 Å². The highest BCUT2D eigenvalue weighted by molar-refractivity contribution is 6.03. The molecule has 0 aliphatic carbocycles. The number of carbonyl (C=O) groups is 1. The molecule has 3 aromatic rings. The van der Waals surface area contributed by atoms with E-state index in [0.717, 1.165) is 12.8 Å². The van der Waals surface area contributed by atoms with Gasteiger partial charge in [0.05, 0.1) is 5.39 Å². The Labute approximate surface area is 137 Å². The van der Waals surface area contributed by atoms with Crippen LogP contribution in [0.4, 0.5) is 0 Å². The van der Waals surface area contributed by atoms with Crippen LogP contribution in [-0.4, -0.2) is 49.7 Å². The second-order valence-corrected chi connectivity index (χ2v) is 5.58. The van der Waals surface area contributed by atoms with Crippen LogP contribution in [0.15, 0.2) is 37.1 Å². The minimum Gasteiger partial charge on any atom is -0.381 e. The first-order chi connectivity index (χ1) is 11.8. The van der Waals surface area contributed by atoms with E-state index in [4.69, 9.17) is 4.74 Å². The standard InChI is InChI=1S/C16H16N6O2/c23-15(19-11-3-8-24-9-4-11)13-12-2-1-5-18-14(12)21-16(20-13)22-7-6-17-10-22/h1-2,5-7,10-11H,3-4,8-9H2,(H,19,23). The van der Waals surface area contributed by atoms with Crippen molar-refractivity contribution >= 4 is 16.9 Å². The van der Waals surface area contributed by atoms with Crippen molar-refractivity contribution in [2.24, 2.45) is 0 Å². The first-order valence-corrected chi connectivity index (χ1v) is 7.81. The van der Waals surface area contributed by atoms with E-state index in [-0.39, 0.29) is 11.9 Å². The lowest BCUT2D eigenvalue weighted by atomic mass is 10.1. The van der Waals surface area contributed by atoms with E-state index < -0.39 is 0 Å². The van der Waals surface area contributed by atoms with Gasteiger partial charge in [0.1, 0.15) is 12.0 Å². The largest absolute Gasteiger partial charge is 0.381 e. The molecular weight excluding hydrogens is 308 g/mol. The van der Waals surface area contributed by atoms with Crippen LogP contribution in [0, 0.1) is 0 Å². The molecule has 4 rings (SSSR count). The summed E-state index contributed by atoms with van der Waals surface area (Å²) in [4.78, 5) is 29.9. The number of pyridine rings is 1. The number of carbonyl (C=O) groups excluding carboxylic acids is 1. The van der Waals surface area contributed by atoms with Crippen molar-refractivity contribution in [2.75, 3.05) is 13.2 Å². The number of hydrogen-bond donors (Lipinski definition) is 1. The number of nitrogens with one attached hydrogen (secondary N) is 1. The third kappa shape index (κ3) is 2.83. The molecule has 0 spiro atoms. The second-order valence-electron chi connectivity index (χ2n) is 5.58. The molecule has 24 heavy (non-hydrogen) atoms. The zero-order chi connectivity index (χ0) is 16.4. The quantitative estimate of drug-likeness (QED) is 0.776. The van der Waals surface area contributed by atoms with Crippen molar-refractivity contribution in [3.63, 3.8) is 0 Å². The van der Waals surface area contributed by atoms with Gasteiger partial charge in [0.25, 0.3) is 5.91 Å². The summed E-state index contributed by atoms with van der Waals surface area (Å²) in [6.45, 7) is 1.33. The third-order valence-electron chi connectivity index (χ3n) is 3.97. The van der Waals surface area contributed by atoms with Crippen molar-refractivity contribution < 1.29 is 9.53 Å². The van der Waals surface area contributed by atoms with Crippen LogP contribution in [-0.2, 0) is 4.74 Å². The van der Waals surface area contributed by atoms with Crippen LogP contribution in [0.5, 0.6) is 0 Å². The SMILES string of the molecule is O=C(NC1CCOCC1)c1nc(-n2ccnc2)nc2ncccc12. The van der Waals surface area contributed by atoms with Crippen molar-refractivity contribution in [2.45, 2.75) is 18.9 Å². The van der Waals surface area contributed by atoms with Crippen LogP contribution in [0.3, 0.4) is 0 Å². The van der Waals surface area contributed by atoms with Crippen molar-refractivity contribution in [3.8, 4) is 5.95 Å². The Balaban J connectivity index is 1.73. The molecule has 1 fully saturated rings. The zero-order valence-electron chi connectivity index (χ0n) is 12.9. The lowest BCUT2D eigenvalue weighted by molar-refractivity contribution is 0.0695. The van der Waals surface area contributed by atoms with Gasteiger partial charge in [0, 0.05) is 37.8 Å². The Hall–Kier alpha value is -2.87. The number of ether oxygens (including phenoxy) is 1. The zero-order valence-corrected chi connectivity index (χ0v) is 12.9. The van der Waals surface area contributed by atoms with Crippen LogP contribution in [0.1, 0.15) is 23.3 Å². The van der Waals surface area contributed by atoms with E-state index in [0.29, 0.717) is 35.9 Å². The van der Waals surface area contributed by atoms with E-state index in [9.17, 15) is 4.79 Å². The normalized spacial score (nSPS) is 15.5. The van der Waals surface area contributed by atoms with Gasteiger partial charge in [-0.25, -0.2) is 15.0 Å². The lowest BCUT2D eigenvalue weighted by Crippen LogP contribution is -2.39. The molecule has 0 atom stereocenters. The van der Waals surface area contributed by atoms with E-state index in [1.54, 1.807) is 41.6 Å². The summed E-state index contributed by atoms with van der Waals surface area (Å²) < 4.78 is 6.98. The number of amides is 1. The molecule has 1 aliphatic heterocycles. The minimum atomic E-state index is -0.219. The van der Waals surface area contributed by atoms with Gasteiger partial charge in [-0.2, -0.15) is 4.98 Å². The Morgan fingerprint density at radius 3 is 2.92 bits per heavy atom. The van der Waals surface area contributed by atoms with Gasteiger partial charge >= 0.3 is 0 Å². The Bertz CT molecular complexity index is 858. The number of rotatable bonds is 3. The molecule has 8 nitrogen and oxygen atoms in total. The fourth-order valence-electron chi connectivity index (χ4n) is 2.71. The van der Waals surface area contributed by atoms with Crippen LogP contribution in [0.2, 0.25) is 0 Å². The van der Waals surface area contributed by atoms with E-state index in [1.165, 1.54) is 0 Å². The molecule has 8 heteroatoms. The molecule has 122 valence electrons. The molecule has 1 saturated heterocycles. The summed E-state index contributed by atoms with van der Waals surface area (Å²) in [5, 5.41) is 3.67. The molecule has 1 amide bonds. The number of aromatic nitrogens is 5. The van der Waals surface area contributed by atoms with Gasteiger partial charge in [0.2, 0.25) is 5.95 Å². The van der Waals surface area contributed by atoms with Crippen LogP contribution >= 0.6 is 0 Å². The number of hydrogen-bond acceptors (Lipinski definition) is 6. The van der Waals surface area contributed by atoms with E-state index >= 15 is 0 Å². The predicted octanol–water partition coefficient (Wildman–Crippen LogP) is 1.12. The molecule has 0 aromatic carbocycles. The summed E-state index contributed by atoms with van der Waals surface area (Å²) in [5.41, 5.74) is 0.802. The van der Waals surface area contributed by atoms with Gasteiger partial charge in [-0.3, -0.25) is 9.36 Å². The molecule has 0 saturated carbocycles. The number of imidazole rings is 1. The van der Waals surface area contributed by atoms with Gasteiger partial charge < -0.3 is 10.1 Å². The second kappa shape index (κ2) is 6.32. The first-order valence-electron chi connectivity index (χ1n) is 7.81. The van der Waals surface area contributed by atoms with Crippen molar-refractivity contribution in [3.05, 3.63) is 42.7 Å². The molecule has 1 N–H and O–H groups in total. The molecule has 0 bridgehead atoms. The molecule has 0 unspecified atom stereocenters. The first kappa shape index (κ1) is 14.7. The highest BCUT2D eigenvalue weighted by atomic mass is 16.5. The van der Waals surface area contributed by atoms with Crippen molar-refractivity contribution in [1.29, 1.82) is 0 Å². The van der Waals surface area contributed by atoms with Crippen LogP contribution in [0.25, 0.3) is 17.0 Å². The average molecular weight is 324 g/mol. The van der Waals surface area contributed by atoms with Gasteiger partial charge in [0.15, 0.2) is 5.65 Å². The average Bonchev–Trinajstić information content (AvgIpc) is 3.16.